The van der Waals surface area contributed by atoms with E-state index in [-0.39, 0.29) is 0 Å². The smallest absolute Gasteiger partial charge is 0.0337 e. The maximum absolute atomic E-state index is 3.12. The van der Waals surface area contributed by atoms with Crippen LogP contribution in [0.15, 0.2) is 54.6 Å². The minimum atomic E-state index is 1.02. The van der Waals surface area contributed by atoms with Gasteiger partial charge in [0.2, 0.25) is 0 Å². The van der Waals surface area contributed by atoms with Crippen molar-refractivity contribution >= 4 is 11.3 Å². The molecule has 2 rings (SSSR count). The Kier molecular flexibility index (Phi) is 3.03. The standard InChI is InChI=1S/C14H15N/c1-15-14-10-8-13(9-11-14)12-6-4-2-3-5-7-12/h2,4-11,15H,3H2,1H3. The summed E-state index contributed by atoms with van der Waals surface area (Å²) in [6, 6.07) is 8.47. The Labute approximate surface area is 90.8 Å². The summed E-state index contributed by atoms with van der Waals surface area (Å²) in [5.74, 6) is 0. The Bertz CT molecular complexity index is 407. The molecule has 0 fully saturated rings. The summed E-state index contributed by atoms with van der Waals surface area (Å²) in [6.45, 7) is 0. The summed E-state index contributed by atoms with van der Waals surface area (Å²) in [5, 5.41) is 3.12. The fraction of sp³-hybridized carbons (Fsp3) is 0.143. The van der Waals surface area contributed by atoms with E-state index in [2.05, 4.69) is 60.0 Å². The predicted octanol–water partition coefficient (Wildman–Crippen LogP) is 3.63. The summed E-state index contributed by atoms with van der Waals surface area (Å²) < 4.78 is 0. The summed E-state index contributed by atoms with van der Waals surface area (Å²) in [4.78, 5) is 0. The van der Waals surface area contributed by atoms with Gasteiger partial charge in [0, 0.05) is 12.7 Å². The van der Waals surface area contributed by atoms with Crippen molar-refractivity contribution < 1.29 is 0 Å². The monoisotopic (exact) mass is 197 g/mol. The third-order valence-corrected chi connectivity index (χ3v) is 2.49. The molecule has 1 aromatic rings. The van der Waals surface area contributed by atoms with Crippen LogP contribution >= 0.6 is 0 Å². The van der Waals surface area contributed by atoms with E-state index < -0.39 is 0 Å². The first-order valence-electron chi connectivity index (χ1n) is 5.22. The second kappa shape index (κ2) is 4.65. The maximum Gasteiger partial charge on any atom is 0.0337 e. The zero-order valence-corrected chi connectivity index (χ0v) is 8.90. The molecular formula is C14H15N. The van der Waals surface area contributed by atoms with Crippen molar-refractivity contribution in [2.24, 2.45) is 0 Å². The second-order valence-electron chi connectivity index (χ2n) is 3.52. The molecule has 0 aromatic heterocycles. The van der Waals surface area contributed by atoms with Crippen LogP contribution in [0.1, 0.15) is 12.0 Å². The van der Waals surface area contributed by atoms with Crippen LogP contribution in [0.25, 0.3) is 5.57 Å². The normalized spacial score (nSPS) is 14.6. The van der Waals surface area contributed by atoms with E-state index in [1.807, 2.05) is 7.05 Å². The topological polar surface area (TPSA) is 12.0 Å². The van der Waals surface area contributed by atoms with Crippen LogP contribution in [-0.4, -0.2) is 7.05 Å². The average Bonchev–Trinajstić information content (AvgIpc) is 2.58. The van der Waals surface area contributed by atoms with Gasteiger partial charge in [0.15, 0.2) is 0 Å². The van der Waals surface area contributed by atoms with Crippen LogP contribution < -0.4 is 5.32 Å². The van der Waals surface area contributed by atoms with Gasteiger partial charge in [-0.15, -0.1) is 0 Å². The van der Waals surface area contributed by atoms with Crippen molar-refractivity contribution in [1.82, 2.24) is 0 Å². The number of hydrogen-bond donors (Lipinski definition) is 1. The highest BCUT2D eigenvalue weighted by Crippen LogP contribution is 2.20. The first-order valence-corrected chi connectivity index (χ1v) is 5.22. The Hall–Kier alpha value is -1.76. The van der Waals surface area contributed by atoms with Gasteiger partial charge in [0.25, 0.3) is 0 Å². The van der Waals surface area contributed by atoms with Gasteiger partial charge < -0.3 is 5.32 Å². The second-order valence-corrected chi connectivity index (χ2v) is 3.52. The SMILES string of the molecule is CNc1ccc(C2=CC=CCC=C2)cc1. The van der Waals surface area contributed by atoms with Gasteiger partial charge in [-0.3, -0.25) is 0 Å². The molecule has 1 aliphatic rings. The highest BCUT2D eigenvalue weighted by molar-refractivity contribution is 5.76. The Morgan fingerprint density at radius 3 is 2.60 bits per heavy atom. The predicted molar refractivity (Wildman–Crippen MR) is 66.9 cm³/mol. The van der Waals surface area contributed by atoms with Gasteiger partial charge >= 0.3 is 0 Å². The van der Waals surface area contributed by atoms with Crippen LogP contribution in [0.2, 0.25) is 0 Å². The number of allylic oxidation sites excluding steroid dienone is 6. The molecule has 0 saturated carbocycles. The van der Waals surface area contributed by atoms with E-state index in [0.29, 0.717) is 0 Å². The lowest BCUT2D eigenvalue weighted by Crippen LogP contribution is -1.87. The summed E-state index contributed by atoms with van der Waals surface area (Å²) in [7, 11) is 1.93. The molecular weight excluding hydrogens is 182 g/mol. The molecule has 0 heterocycles. The summed E-state index contributed by atoms with van der Waals surface area (Å²) in [5.41, 5.74) is 3.68. The highest BCUT2D eigenvalue weighted by atomic mass is 14.8. The van der Waals surface area contributed by atoms with E-state index >= 15 is 0 Å². The average molecular weight is 197 g/mol. The largest absolute Gasteiger partial charge is 0.388 e. The molecule has 1 nitrogen and oxygen atoms in total. The number of anilines is 1. The van der Waals surface area contributed by atoms with Crippen LogP contribution in [0.4, 0.5) is 5.69 Å². The van der Waals surface area contributed by atoms with E-state index in [0.717, 1.165) is 12.1 Å². The van der Waals surface area contributed by atoms with Crippen molar-refractivity contribution in [3.63, 3.8) is 0 Å². The lowest BCUT2D eigenvalue weighted by atomic mass is 10.1. The van der Waals surface area contributed by atoms with Crippen molar-refractivity contribution in [2.75, 3.05) is 12.4 Å². The molecule has 76 valence electrons. The number of benzene rings is 1. The first-order chi connectivity index (χ1) is 7.40. The molecule has 0 atom stereocenters. The van der Waals surface area contributed by atoms with Crippen LogP contribution in [-0.2, 0) is 0 Å². The molecule has 1 N–H and O–H groups in total. The van der Waals surface area contributed by atoms with Crippen molar-refractivity contribution in [3.05, 3.63) is 60.2 Å². The number of nitrogens with one attached hydrogen (secondary N) is 1. The fourth-order valence-corrected chi connectivity index (χ4v) is 1.60. The van der Waals surface area contributed by atoms with Gasteiger partial charge in [-0.2, -0.15) is 0 Å². The molecule has 1 heteroatoms. The van der Waals surface area contributed by atoms with Crippen LogP contribution in [0.5, 0.6) is 0 Å². The van der Waals surface area contributed by atoms with Gasteiger partial charge in [-0.25, -0.2) is 0 Å². The van der Waals surface area contributed by atoms with Crippen molar-refractivity contribution in [2.45, 2.75) is 6.42 Å². The zero-order chi connectivity index (χ0) is 10.5. The molecule has 0 saturated heterocycles. The Morgan fingerprint density at radius 2 is 1.87 bits per heavy atom. The molecule has 0 spiro atoms. The molecule has 0 bridgehead atoms. The third-order valence-electron chi connectivity index (χ3n) is 2.49. The zero-order valence-electron chi connectivity index (χ0n) is 8.90. The molecule has 0 unspecified atom stereocenters. The fourth-order valence-electron chi connectivity index (χ4n) is 1.60. The minimum absolute atomic E-state index is 1.02. The molecule has 1 aromatic carbocycles. The van der Waals surface area contributed by atoms with E-state index in [4.69, 9.17) is 0 Å². The maximum atomic E-state index is 3.12. The number of rotatable bonds is 2. The van der Waals surface area contributed by atoms with Gasteiger partial charge in [0.05, 0.1) is 0 Å². The molecule has 0 aliphatic heterocycles. The van der Waals surface area contributed by atoms with Crippen molar-refractivity contribution in [3.8, 4) is 0 Å². The van der Waals surface area contributed by atoms with Crippen LogP contribution in [0.3, 0.4) is 0 Å². The lowest BCUT2D eigenvalue weighted by molar-refractivity contribution is 1.41. The Morgan fingerprint density at radius 1 is 1.07 bits per heavy atom. The summed E-state index contributed by atoms with van der Waals surface area (Å²) >= 11 is 0. The Balaban J connectivity index is 2.29. The summed E-state index contributed by atoms with van der Waals surface area (Å²) in [6.07, 6.45) is 11.8. The minimum Gasteiger partial charge on any atom is -0.388 e. The van der Waals surface area contributed by atoms with Gasteiger partial charge in [0.1, 0.15) is 0 Å². The van der Waals surface area contributed by atoms with Gasteiger partial charge in [-0.05, 0) is 29.7 Å². The molecule has 0 amide bonds. The molecule has 0 radical (unpaired) electrons. The van der Waals surface area contributed by atoms with E-state index in [1.54, 1.807) is 0 Å². The van der Waals surface area contributed by atoms with Crippen molar-refractivity contribution in [1.29, 1.82) is 0 Å². The molecule has 15 heavy (non-hydrogen) atoms. The van der Waals surface area contributed by atoms with E-state index in [1.165, 1.54) is 11.1 Å². The first kappa shape index (κ1) is 9.78. The highest BCUT2D eigenvalue weighted by Gasteiger charge is 1.98. The van der Waals surface area contributed by atoms with E-state index in [9.17, 15) is 0 Å². The lowest BCUT2D eigenvalue weighted by Gasteiger charge is -2.03. The van der Waals surface area contributed by atoms with Gasteiger partial charge in [-0.1, -0.05) is 42.5 Å². The third kappa shape index (κ3) is 2.38. The quantitative estimate of drug-likeness (QED) is 0.763. The number of hydrogen-bond acceptors (Lipinski definition) is 1. The van der Waals surface area contributed by atoms with Crippen LogP contribution in [0, 0.1) is 0 Å². The molecule has 1 aliphatic carbocycles.